The first-order valence-electron chi connectivity index (χ1n) is 6.39. The largest absolute Gasteiger partial charge is 0.300 e. The van der Waals surface area contributed by atoms with Gasteiger partial charge in [-0.15, -0.1) is 0 Å². The molecule has 0 aromatic rings. The van der Waals surface area contributed by atoms with E-state index in [1.807, 2.05) is 0 Å². The van der Waals surface area contributed by atoms with Crippen molar-refractivity contribution in [3.63, 3.8) is 0 Å². The maximum Gasteiger partial charge on any atom is 0.233 e. The molecule has 0 bridgehead atoms. The van der Waals surface area contributed by atoms with Crippen molar-refractivity contribution in [2.24, 2.45) is 5.84 Å². The van der Waals surface area contributed by atoms with Crippen molar-refractivity contribution >= 4 is 5.91 Å². The van der Waals surface area contributed by atoms with Gasteiger partial charge in [-0.1, -0.05) is 0 Å². The van der Waals surface area contributed by atoms with Crippen LogP contribution in [0.3, 0.4) is 0 Å². The van der Waals surface area contributed by atoms with E-state index in [9.17, 15) is 4.79 Å². The number of likely N-dealkylation sites (N-methyl/N-ethyl adjacent to an activating group) is 1. The summed E-state index contributed by atoms with van der Waals surface area (Å²) in [7, 11) is 2.18. The van der Waals surface area contributed by atoms with Crippen LogP contribution >= 0.6 is 0 Å². The average Bonchev–Trinajstić information content (AvgIpc) is 2.28. The summed E-state index contributed by atoms with van der Waals surface area (Å²) in [6, 6.07) is 0. The summed E-state index contributed by atoms with van der Waals surface area (Å²) in [5.74, 6) is 4.97. The van der Waals surface area contributed by atoms with Gasteiger partial charge in [0.25, 0.3) is 0 Å². The van der Waals surface area contributed by atoms with Crippen molar-refractivity contribution in [3.8, 4) is 0 Å². The van der Waals surface area contributed by atoms with Crippen molar-refractivity contribution in [3.05, 3.63) is 0 Å². The summed E-state index contributed by atoms with van der Waals surface area (Å²) in [5, 5.41) is 0. The fraction of sp³-hybridized carbons (Fsp3) is 0.917. The Kier molecular flexibility index (Phi) is 5.36. The van der Waals surface area contributed by atoms with Crippen LogP contribution in [-0.2, 0) is 4.79 Å². The van der Waals surface area contributed by atoms with E-state index in [4.69, 9.17) is 5.84 Å². The standard InChI is InChI=1S/C12H26N4O/c1-12(2)10-16(9-8-15(12)3)7-5-4-6-11(17)14-13/h4-10,13H2,1-3H3,(H,14,17). The number of unbranched alkanes of at least 4 members (excludes halogenated alkanes) is 1. The molecule has 0 aromatic heterocycles. The van der Waals surface area contributed by atoms with Gasteiger partial charge in [-0.05, 0) is 40.3 Å². The Morgan fingerprint density at radius 1 is 1.35 bits per heavy atom. The minimum Gasteiger partial charge on any atom is -0.300 e. The molecule has 17 heavy (non-hydrogen) atoms. The number of carbonyl (C=O) groups is 1. The summed E-state index contributed by atoms with van der Waals surface area (Å²) >= 11 is 0. The average molecular weight is 242 g/mol. The molecule has 3 N–H and O–H groups in total. The Bertz CT molecular complexity index is 255. The van der Waals surface area contributed by atoms with Crippen LogP contribution in [0.5, 0.6) is 0 Å². The maximum atomic E-state index is 11.0. The second kappa shape index (κ2) is 6.33. The number of piperazine rings is 1. The van der Waals surface area contributed by atoms with Crippen LogP contribution in [0.25, 0.3) is 0 Å². The van der Waals surface area contributed by atoms with Crippen molar-refractivity contribution in [1.82, 2.24) is 15.2 Å². The van der Waals surface area contributed by atoms with Gasteiger partial charge >= 0.3 is 0 Å². The van der Waals surface area contributed by atoms with Gasteiger partial charge in [-0.3, -0.25) is 15.1 Å². The molecule has 0 atom stereocenters. The predicted octanol–water partition coefficient (Wildman–Crippen LogP) is 0.173. The smallest absolute Gasteiger partial charge is 0.233 e. The van der Waals surface area contributed by atoms with E-state index in [1.54, 1.807) is 0 Å². The zero-order valence-corrected chi connectivity index (χ0v) is 11.3. The summed E-state index contributed by atoms with van der Waals surface area (Å²) in [4.78, 5) is 15.8. The zero-order chi connectivity index (χ0) is 12.9. The molecule has 1 heterocycles. The Morgan fingerprint density at radius 3 is 2.65 bits per heavy atom. The Labute approximate surface area is 104 Å². The normalized spacial score (nSPS) is 21.4. The lowest BCUT2D eigenvalue weighted by Crippen LogP contribution is -2.57. The van der Waals surface area contributed by atoms with E-state index in [0.29, 0.717) is 6.42 Å². The molecule has 100 valence electrons. The third kappa shape index (κ3) is 4.61. The van der Waals surface area contributed by atoms with E-state index in [0.717, 1.165) is 39.0 Å². The van der Waals surface area contributed by atoms with Crippen molar-refractivity contribution in [1.29, 1.82) is 0 Å². The minimum absolute atomic E-state index is 0.0660. The monoisotopic (exact) mass is 242 g/mol. The van der Waals surface area contributed by atoms with Gasteiger partial charge in [-0.25, -0.2) is 5.84 Å². The molecule has 0 saturated carbocycles. The highest BCUT2D eigenvalue weighted by Crippen LogP contribution is 2.18. The number of hydrazine groups is 1. The molecule has 0 spiro atoms. The molecule has 0 aliphatic carbocycles. The molecule has 0 radical (unpaired) electrons. The van der Waals surface area contributed by atoms with Gasteiger partial charge in [-0.2, -0.15) is 0 Å². The lowest BCUT2D eigenvalue weighted by molar-refractivity contribution is -0.121. The molecule has 1 aliphatic rings. The van der Waals surface area contributed by atoms with E-state index in [2.05, 4.69) is 36.1 Å². The number of hydrogen-bond donors (Lipinski definition) is 2. The van der Waals surface area contributed by atoms with Crippen LogP contribution in [0.1, 0.15) is 33.1 Å². The Hall–Kier alpha value is -0.650. The Morgan fingerprint density at radius 2 is 2.06 bits per heavy atom. The molecule has 1 saturated heterocycles. The highest BCUT2D eigenvalue weighted by Gasteiger charge is 2.30. The molecule has 1 rings (SSSR count). The van der Waals surface area contributed by atoms with Crippen LogP contribution in [-0.4, -0.2) is 54.5 Å². The molecular weight excluding hydrogens is 216 g/mol. The number of hydrogen-bond acceptors (Lipinski definition) is 4. The van der Waals surface area contributed by atoms with Gasteiger partial charge in [0, 0.05) is 31.6 Å². The summed E-state index contributed by atoms with van der Waals surface area (Å²) in [6.45, 7) is 8.99. The lowest BCUT2D eigenvalue weighted by Gasteiger charge is -2.45. The topological polar surface area (TPSA) is 61.6 Å². The van der Waals surface area contributed by atoms with Gasteiger partial charge < -0.3 is 4.90 Å². The first-order chi connectivity index (χ1) is 7.95. The number of nitrogens with two attached hydrogens (primary N) is 1. The fourth-order valence-electron chi connectivity index (χ4n) is 2.23. The van der Waals surface area contributed by atoms with Gasteiger partial charge in [0.05, 0.1) is 0 Å². The molecule has 5 nitrogen and oxygen atoms in total. The first-order valence-corrected chi connectivity index (χ1v) is 6.39. The van der Waals surface area contributed by atoms with Crippen LogP contribution < -0.4 is 11.3 Å². The molecule has 0 aromatic carbocycles. The third-order valence-corrected chi connectivity index (χ3v) is 3.68. The minimum atomic E-state index is -0.0660. The summed E-state index contributed by atoms with van der Waals surface area (Å²) in [5.41, 5.74) is 2.42. The van der Waals surface area contributed by atoms with Crippen molar-refractivity contribution < 1.29 is 4.79 Å². The maximum absolute atomic E-state index is 11.0. The zero-order valence-electron chi connectivity index (χ0n) is 11.3. The third-order valence-electron chi connectivity index (χ3n) is 3.68. The molecule has 1 fully saturated rings. The number of rotatable bonds is 5. The molecular formula is C12H26N4O. The highest BCUT2D eigenvalue weighted by atomic mass is 16.2. The predicted molar refractivity (Wildman–Crippen MR) is 69.3 cm³/mol. The number of nitrogens with zero attached hydrogens (tertiary/aromatic N) is 2. The van der Waals surface area contributed by atoms with Crippen LogP contribution in [0.15, 0.2) is 0 Å². The summed E-state index contributed by atoms with van der Waals surface area (Å²) in [6.07, 6.45) is 2.51. The number of nitrogens with one attached hydrogen (secondary N) is 1. The fourth-order valence-corrected chi connectivity index (χ4v) is 2.23. The van der Waals surface area contributed by atoms with Crippen molar-refractivity contribution in [2.45, 2.75) is 38.6 Å². The van der Waals surface area contributed by atoms with E-state index in [1.165, 1.54) is 0 Å². The van der Waals surface area contributed by atoms with Crippen LogP contribution in [0, 0.1) is 0 Å². The first kappa shape index (κ1) is 14.4. The number of amides is 1. The molecule has 0 unspecified atom stereocenters. The Balaban J connectivity index is 2.18. The van der Waals surface area contributed by atoms with Gasteiger partial charge in [0.1, 0.15) is 0 Å². The highest BCUT2D eigenvalue weighted by molar-refractivity contribution is 5.75. The molecule has 1 aliphatic heterocycles. The van der Waals surface area contributed by atoms with E-state index >= 15 is 0 Å². The molecule has 1 amide bonds. The SMILES string of the molecule is CN1CCN(CCCCC(=O)NN)CC1(C)C. The van der Waals surface area contributed by atoms with Crippen LogP contribution in [0.4, 0.5) is 0 Å². The quantitative estimate of drug-likeness (QED) is 0.312. The second-order valence-corrected chi connectivity index (χ2v) is 5.53. The van der Waals surface area contributed by atoms with E-state index in [-0.39, 0.29) is 11.4 Å². The van der Waals surface area contributed by atoms with Crippen molar-refractivity contribution in [2.75, 3.05) is 33.2 Å². The lowest BCUT2D eigenvalue weighted by atomic mass is 9.99. The number of carbonyl (C=O) groups excluding carboxylic acids is 1. The van der Waals surface area contributed by atoms with E-state index < -0.39 is 0 Å². The summed E-state index contributed by atoms with van der Waals surface area (Å²) < 4.78 is 0. The van der Waals surface area contributed by atoms with Gasteiger partial charge in [0.2, 0.25) is 5.91 Å². The molecule has 5 heteroatoms. The van der Waals surface area contributed by atoms with Crippen LogP contribution in [0.2, 0.25) is 0 Å². The second-order valence-electron chi connectivity index (χ2n) is 5.53. The van der Waals surface area contributed by atoms with Gasteiger partial charge in [0.15, 0.2) is 0 Å².